The Balaban J connectivity index is 2.82. The van der Waals surface area contributed by atoms with Gasteiger partial charge in [-0.15, -0.1) is 0 Å². The average molecular weight is 184 g/mol. The Kier molecular flexibility index (Phi) is 2.24. The zero-order valence-electron chi connectivity index (χ0n) is 7.66. The SMILES string of the molecule is CC(=O)C(C(=O)O)C(=O)C1(C)CC1. The number of hydrogen-bond donors (Lipinski definition) is 1. The Morgan fingerprint density at radius 2 is 1.77 bits per heavy atom. The van der Waals surface area contributed by atoms with E-state index in [9.17, 15) is 14.4 Å². The predicted molar refractivity (Wildman–Crippen MR) is 44.2 cm³/mol. The highest BCUT2D eigenvalue weighted by molar-refractivity contribution is 6.18. The van der Waals surface area contributed by atoms with Crippen molar-refractivity contribution in [3.63, 3.8) is 0 Å². The van der Waals surface area contributed by atoms with Gasteiger partial charge in [0.25, 0.3) is 0 Å². The molecular formula is C9H12O4. The highest BCUT2D eigenvalue weighted by atomic mass is 16.4. The summed E-state index contributed by atoms with van der Waals surface area (Å²) in [6.45, 7) is 2.84. The highest BCUT2D eigenvalue weighted by Crippen LogP contribution is 2.47. The fourth-order valence-corrected chi connectivity index (χ4v) is 1.25. The maximum Gasteiger partial charge on any atom is 0.321 e. The Hall–Kier alpha value is -1.19. The number of carboxylic acid groups (broad SMARTS) is 1. The van der Waals surface area contributed by atoms with Gasteiger partial charge in [0.2, 0.25) is 0 Å². The number of hydrogen-bond acceptors (Lipinski definition) is 3. The smallest absolute Gasteiger partial charge is 0.321 e. The number of carbonyl (C=O) groups excluding carboxylic acids is 2. The summed E-state index contributed by atoms with van der Waals surface area (Å²) in [5.74, 6) is -3.80. The van der Waals surface area contributed by atoms with E-state index in [0.717, 1.165) is 6.92 Å². The molecule has 0 spiro atoms. The molecule has 4 heteroatoms. The lowest BCUT2D eigenvalue weighted by molar-refractivity contribution is -0.151. The Morgan fingerprint density at radius 3 is 2.00 bits per heavy atom. The third kappa shape index (κ3) is 1.76. The van der Waals surface area contributed by atoms with Crippen LogP contribution >= 0.6 is 0 Å². The number of rotatable bonds is 4. The molecule has 0 aliphatic heterocycles. The van der Waals surface area contributed by atoms with Gasteiger partial charge in [0.1, 0.15) is 0 Å². The van der Waals surface area contributed by atoms with Gasteiger partial charge in [-0.2, -0.15) is 0 Å². The van der Waals surface area contributed by atoms with Gasteiger partial charge in [-0.1, -0.05) is 6.92 Å². The number of carboxylic acids is 1. The van der Waals surface area contributed by atoms with Crippen LogP contribution in [0.15, 0.2) is 0 Å². The molecule has 4 nitrogen and oxygen atoms in total. The van der Waals surface area contributed by atoms with Gasteiger partial charge in [0, 0.05) is 5.41 Å². The fourth-order valence-electron chi connectivity index (χ4n) is 1.25. The van der Waals surface area contributed by atoms with Gasteiger partial charge in [-0.05, 0) is 19.8 Å². The first kappa shape index (κ1) is 9.89. The second-order valence-electron chi connectivity index (χ2n) is 3.81. The Labute approximate surface area is 75.9 Å². The molecule has 0 amide bonds. The maximum atomic E-state index is 11.5. The van der Waals surface area contributed by atoms with Crippen LogP contribution in [0.25, 0.3) is 0 Å². The van der Waals surface area contributed by atoms with Crippen molar-refractivity contribution >= 4 is 17.5 Å². The second-order valence-corrected chi connectivity index (χ2v) is 3.81. The summed E-state index contributed by atoms with van der Waals surface area (Å²) < 4.78 is 0. The van der Waals surface area contributed by atoms with E-state index in [1.54, 1.807) is 6.92 Å². The van der Waals surface area contributed by atoms with Gasteiger partial charge in [0.05, 0.1) is 0 Å². The third-order valence-corrected chi connectivity index (χ3v) is 2.51. The van der Waals surface area contributed by atoms with Crippen LogP contribution in [0.3, 0.4) is 0 Å². The molecule has 0 radical (unpaired) electrons. The van der Waals surface area contributed by atoms with Gasteiger partial charge >= 0.3 is 5.97 Å². The molecule has 1 fully saturated rings. The van der Waals surface area contributed by atoms with Crippen LogP contribution in [-0.4, -0.2) is 22.6 Å². The van der Waals surface area contributed by atoms with Crippen molar-refractivity contribution in [2.75, 3.05) is 0 Å². The van der Waals surface area contributed by atoms with Crippen molar-refractivity contribution in [3.8, 4) is 0 Å². The normalized spacial score (nSPS) is 20.5. The van der Waals surface area contributed by atoms with E-state index in [2.05, 4.69) is 0 Å². The summed E-state index contributed by atoms with van der Waals surface area (Å²) in [6, 6.07) is 0. The fraction of sp³-hybridized carbons (Fsp3) is 0.667. The number of carbonyl (C=O) groups is 3. The van der Waals surface area contributed by atoms with Gasteiger partial charge in [0.15, 0.2) is 17.5 Å². The minimum Gasteiger partial charge on any atom is -0.480 e. The van der Waals surface area contributed by atoms with Gasteiger partial charge in [-0.3, -0.25) is 14.4 Å². The topological polar surface area (TPSA) is 71.4 Å². The lowest BCUT2D eigenvalue weighted by Gasteiger charge is -2.12. The molecule has 0 aromatic rings. The lowest BCUT2D eigenvalue weighted by Crippen LogP contribution is -2.34. The molecule has 1 aliphatic rings. The van der Waals surface area contributed by atoms with Crippen LogP contribution in [0.1, 0.15) is 26.7 Å². The maximum absolute atomic E-state index is 11.5. The molecular weight excluding hydrogens is 172 g/mol. The van der Waals surface area contributed by atoms with E-state index in [1.165, 1.54) is 0 Å². The highest BCUT2D eigenvalue weighted by Gasteiger charge is 2.50. The molecule has 0 aromatic heterocycles. The summed E-state index contributed by atoms with van der Waals surface area (Å²) in [5.41, 5.74) is -0.547. The van der Waals surface area contributed by atoms with Crippen LogP contribution in [0.2, 0.25) is 0 Å². The zero-order chi connectivity index (χ0) is 10.2. The number of Topliss-reactive ketones (excluding diaryl/α,β-unsaturated/α-hetero) is 2. The summed E-state index contributed by atoms with van der Waals surface area (Å²) >= 11 is 0. The van der Waals surface area contributed by atoms with Crippen molar-refractivity contribution < 1.29 is 19.5 Å². The number of aliphatic carboxylic acids is 1. The Morgan fingerprint density at radius 1 is 1.31 bits per heavy atom. The minimum atomic E-state index is -1.45. The summed E-state index contributed by atoms with van der Waals surface area (Å²) in [4.78, 5) is 33.0. The standard InChI is InChI=1S/C9H12O4/c1-5(10)6(8(12)13)7(11)9(2)3-4-9/h6H,3-4H2,1-2H3,(H,12,13). The summed E-state index contributed by atoms with van der Waals surface area (Å²) in [7, 11) is 0. The lowest BCUT2D eigenvalue weighted by atomic mass is 9.89. The van der Waals surface area contributed by atoms with Crippen LogP contribution < -0.4 is 0 Å². The van der Waals surface area contributed by atoms with Crippen molar-refractivity contribution in [1.82, 2.24) is 0 Å². The monoisotopic (exact) mass is 184 g/mol. The van der Waals surface area contributed by atoms with Crippen molar-refractivity contribution in [2.45, 2.75) is 26.7 Å². The molecule has 1 aliphatic carbocycles. The third-order valence-electron chi connectivity index (χ3n) is 2.51. The molecule has 0 heterocycles. The van der Waals surface area contributed by atoms with E-state index in [4.69, 9.17) is 5.11 Å². The largest absolute Gasteiger partial charge is 0.480 e. The molecule has 1 unspecified atom stereocenters. The first-order valence-electron chi connectivity index (χ1n) is 4.16. The first-order valence-corrected chi connectivity index (χ1v) is 4.16. The van der Waals surface area contributed by atoms with Crippen LogP contribution in [0, 0.1) is 11.3 Å². The van der Waals surface area contributed by atoms with Crippen molar-refractivity contribution in [2.24, 2.45) is 11.3 Å². The van der Waals surface area contributed by atoms with Crippen LogP contribution in [0.4, 0.5) is 0 Å². The second kappa shape index (κ2) is 2.94. The van der Waals surface area contributed by atoms with Crippen molar-refractivity contribution in [1.29, 1.82) is 0 Å². The molecule has 0 saturated heterocycles. The summed E-state index contributed by atoms with van der Waals surface area (Å²) in [6.07, 6.45) is 1.39. The Bertz CT molecular complexity index is 261. The quantitative estimate of drug-likeness (QED) is 0.651. The number of ketones is 2. The molecule has 13 heavy (non-hydrogen) atoms. The van der Waals surface area contributed by atoms with E-state index in [-0.39, 0.29) is 0 Å². The molecule has 1 rings (SSSR count). The average Bonchev–Trinajstić information content (AvgIpc) is 2.67. The minimum absolute atomic E-state index is 0.437. The zero-order valence-corrected chi connectivity index (χ0v) is 7.66. The van der Waals surface area contributed by atoms with E-state index < -0.39 is 28.9 Å². The van der Waals surface area contributed by atoms with E-state index >= 15 is 0 Å². The summed E-state index contributed by atoms with van der Waals surface area (Å²) in [5, 5.41) is 8.66. The molecule has 0 bridgehead atoms. The molecule has 1 atom stereocenters. The van der Waals surface area contributed by atoms with Crippen LogP contribution in [-0.2, 0) is 14.4 Å². The molecule has 1 N–H and O–H groups in total. The molecule has 1 saturated carbocycles. The first-order chi connectivity index (χ1) is 5.88. The molecule has 72 valence electrons. The molecule has 0 aromatic carbocycles. The van der Waals surface area contributed by atoms with Gasteiger partial charge < -0.3 is 5.11 Å². The van der Waals surface area contributed by atoms with Crippen molar-refractivity contribution in [3.05, 3.63) is 0 Å². The van der Waals surface area contributed by atoms with Crippen LogP contribution in [0.5, 0.6) is 0 Å². The predicted octanol–water partition coefficient (Wildman–Crippen LogP) is 0.645. The van der Waals surface area contributed by atoms with E-state index in [0.29, 0.717) is 12.8 Å². The van der Waals surface area contributed by atoms with Gasteiger partial charge in [-0.25, -0.2) is 0 Å². The van der Waals surface area contributed by atoms with E-state index in [1.807, 2.05) is 0 Å².